The number of likely N-dealkylation sites (tertiary alicyclic amines) is 1. The van der Waals surface area contributed by atoms with Crippen molar-refractivity contribution < 1.29 is 19.2 Å². The second-order valence-corrected chi connectivity index (χ2v) is 5.92. The summed E-state index contributed by atoms with van der Waals surface area (Å²) in [5, 5.41) is 14.1. The summed E-state index contributed by atoms with van der Waals surface area (Å²) in [6.45, 7) is 5.88. The Labute approximate surface area is 129 Å². The van der Waals surface area contributed by atoms with Gasteiger partial charge in [0.05, 0.1) is 25.4 Å². The van der Waals surface area contributed by atoms with Crippen molar-refractivity contribution in [2.45, 2.75) is 31.9 Å². The summed E-state index contributed by atoms with van der Waals surface area (Å²) in [6.07, 6.45) is 1.20. The number of β-amino-alcohol motifs (C(OH)–C–C–N with tert-alkyl or cyclic N) is 1. The number of carbonyl (C=O) groups excluding carboxylic acids is 1. The molecule has 0 aliphatic carbocycles. The molecule has 0 saturated carbocycles. The number of hydrogen-bond donors (Lipinski definition) is 1. The maximum atomic E-state index is 12.5. The molecular weight excluding hydrogens is 286 g/mol. The van der Waals surface area contributed by atoms with Crippen LogP contribution in [-0.4, -0.2) is 77.5 Å². The normalized spacial score (nSPS) is 26.5. The lowest BCUT2D eigenvalue weighted by Crippen LogP contribution is -2.49. The first-order valence-corrected chi connectivity index (χ1v) is 7.93. The largest absolute Gasteiger partial charge is 0.390 e. The summed E-state index contributed by atoms with van der Waals surface area (Å²) in [6, 6.07) is 1.69. The molecule has 7 heteroatoms. The van der Waals surface area contributed by atoms with Crippen LogP contribution in [0.5, 0.6) is 0 Å². The third-order valence-electron chi connectivity index (χ3n) is 4.34. The van der Waals surface area contributed by atoms with Gasteiger partial charge in [0.2, 0.25) is 0 Å². The number of aliphatic hydroxyl groups is 1. The molecule has 1 aromatic rings. The maximum absolute atomic E-state index is 12.5. The molecule has 3 heterocycles. The van der Waals surface area contributed by atoms with Gasteiger partial charge >= 0.3 is 0 Å². The Morgan fingerprint density at radius 1 is 1.41 bits per heavy atom. The Hall–Kier alpha value is -1.44. The number of hydrogen-bond acceptors (Lipinski definition) is 6. The van der Waals surface area contributed by atoms with Gasteiger partial charge in [-0.25, -0.2) is 0 Å². The van der Waals surface area contributed by atoms with Crippen LogP contribution in [0.25, 0.3) is 0 Å². The lowest BCUT2D eigenvalue weighted by atomic mass is 10.1. The summed E-state index contributed by atoms with van der Waals surface area (Å²) in [4.78, 5) is 16.4. The Bertz CT molecular complexity index is 513. The zero-order valence-electron chi connectivity index (χ0n) is 12.9. The minimum atomic E-state index is -0.524. The average Bonchev–Trinajstić information content (AvgIpc) is 3.15. The highest BCUT2D eigenvalue weighted by atomic mass is 16.5. The fourth-order valence-electron chi connectivity index (χ4n) is 3.14. The highest BCUT2D eigenvalue weighted by Crippen LogP contribution is 2.20. The van der Waals surface area contributed by atoms with Crippen LogP contribution in [0.2, 0.25) is 0 Å². The molecule has 22 heavy (non-hydrogen) atoms. The van der Waals surface area contributed by atoms with Crippen LogP contribution >= 0.6 is 0 Å². The molecule has 0 spiro atoms. The van der Waals surface area contributed by atoms with Gasteiger partial charge in [0, 0.05) is 38.7 Å². The van der Waals surface area contributed by atoms with E-state index in [2.05, 4.69) is 10.1 Å². The van der Waals surface area contributed by atoms with E-state index >= 15 is 0 Å². The van der Waals surface area contributed by atoms with Gasteiger partial charge in [-0.05, 0) is 6.42 Å². The van der Waals surface area contributed by atoms with E-state index in [4.69, 9.17) is 9.26 Å². The fraction of sp³-hybridized carbons (Fsp3) is 0.733. The van der Waals surface area contributed by atoms with Crippen LogP contribution in [0.15, 0.2) is 10.6 Å². The highest BCUT2D eigenvalue weighted by molar-refractivity contribution is 5.92. The van der Waals surface area contributed by atoms with E-state index in [9.17, 15) is 9.90 Å². The lowest BCUT2D eigenvalue weighted by molar-refractivity contribution is -0.00611. The molecule has 2 saturated heterocycles. The van der Waals surface area contributed by atoms with Gasteiger partial charge in [0.25, 0.3) is 5.91 Å². The molecule has 7 nitrogen and oxygen atoms in total. The SMILES string of the molecule is CCCc1cc(C(=O)N2C[C@H](O)[C@@H](N3CCOCC3)C2)no1. The van der Waals surface area contributed by atoms with E-state index in [0.717, 1.165) is 31.7 Å². The zero-order valence-corrected chi connectivity index (χ0v) is 12.9. The van der Waals surface area contributed by atoms with E-state index in [0.29, 0.717) is 32.0 Å². The number of morpholine rings is 1. The van der Waals surface area contributed by atoms with Crippen LogP contribution in [0.3, 0.4) is 0 Å². The van der Waals surface area contributed by atoms with Crippen molar-refractivity contribution >= 4 is 5.91 Å². The fourth-order valence-corrected chi connectivity index (χ4v) is 3.14. The molecule has 2 aliphatic heterocycles. The standard InChI is InChI=1S/C15H23N3O4/c1-2-3-11-8-12(16-22-11)15(20)18-9-13(14(19)10-18)17-4-6-21-7-5-17/h8,13-14,19H,2-7,9-10H2,1H3/t13-,14-/m0/s1. The molecule has 1 N–H and O–H groups in total. The molecule has 2 aliphatic rings. The molecule has 1 amide bonds. The van der Waals surface area contributed by atoms with E-state index in [1.807, 2.05) is 6.92 Å². The molecule has 2 atom stereocenters. The van der Waals surface area contributed by atoms with Crippen molar-refractivity contribution in [3.63, 3.8) is 0 Å². The number of aliphatic hydroxyl groups excluding tert-OH is 1. The third kappa shape index (κ3) is 3.16. The lowest BCUT2D eigenvalue weighted by Gasteiger charge is -2.33. The smallest absolute Gasteiger partial charge is 0.276 e. The Balaban J connectivity index is 1.63. The van der Waals surface area contributed by atoms with Gasteiger partial charge in [-0.15, -0.1) is 0 Å². The van der Waals surface area contributed by atoms with Crippen LogP contribution in [0.4, 0.5) is 0 Å². The minimum absolute atomic E-state index is 0.0186. The quantitative estimate of drug-likeness (QED) is 0.852. The van der Waals surface area contributed by atoms with Crippen molar-refractivity contribution in [1.29, 1.82) is 0 Å². The predicted molar refractivity (Wildman–Crippen MR) is 78.6 cm³/mol. The van der Waals surface area contributed by atoms with Crippen molar-refractivity contribution in [2.24, 2.45) is 0 Å². The monoisotopic (exact) mass is 309 g/mol. The summed E-state index contributed by atoms with van der Waals surface area (Å²) in [5.41, 5.74) is 0.332. The number of amides is 1. The van der Waals surface area contributed by atoms with Crippen LogP contribution in [0, 0.1) is 0 Å². The predicted octanol–water partition coefficient (Wildman–Crippen LogP) is 0.145. The van der Waals surface area contributed by atoms with E-state index in [-0.39, 0.29) is 11.9 Å². The molecule has 0 unspecified atom stereocenters. The van der Waals surface area contributed by atoms with Gasteiger partial charge in [-0.2, -0.15) is 0 Å². The van der Waals surface area contributed by atoms with Gasteiger partial charge in [-0.1, -0.05) is 12.1 Å². The summed E-state index contributed by atoms with van der Waals surface area (Å²) in [7, 11) is 0. The van der Waals surface area contributed by atoms with Crippen LogP contribution < -0.4 is 0 Å². The molecule has 3 rings (SSSR count). The first-order valence-electron chi connectivity index (χ1n) is 7.93. The van der Waals surface area contributed by atoms with E-state index < -0.39 is 6.10 Å². The molecule has 0 bridgehead atoms. The summed E-state index contributed by atoms with van der Waals surface area (Å²) in [5.74, 6) is 0.566. The van der Waals surface area contributed by atoms with Crippen molar-refractivity contribution in [3.05, 3.63) is 17.5 Å². The van der Waals surface area contributed by atoms with E-state index in [1.54, 1.807) is 11.0 Å². The topological polar surface area (TPSA) is 79.0 Å². The number of rotatable bonds is 4. The Kier molecular flexibility index (Phi) is 4.75. The third-order valence-corrected chi connectivity index (χ3v) is 4.34. The summed E-state index contributed by atoms with van der Waals surface area (Å²) >= 11 is 0. The molecule has 1 aromatic heterocycles. The van der Waals surface area contributed by atoms with Crippen LogP contribution in [0.1, 0.15) is 29.6 Å². The Morgan fingerprint density at radius 3 is 2.91 bits per heavy atom. The molecule has 2 fully saturated rings. The van der Waals surface area contributed by atoms with Crippen molar-refractivity contribution in [1.82, 2.24) is 15.0 Å². The van der Waals surface area contributed by atoms with Gasteiger partial charge in [0.15, 0.2) is 5.69 Å². The van der Waals surface area contributed by atoms with Gasteiger partial charge in [-0.3, -0.25) is 9.69 Å². The highest BCUT2D eigenvalue weighted by Gasteiger charge is 2.39. The van der Waals surface area contributed by atoms with Gasteiger partial charge in [0.1, 0.15) is 5.76 Å². The molecule has 122 valence electrons. The number of nitrogens with zero attached hydrogens (tertiary/aromatic N) is 3. The first kappa shape index (κ1) is 15.5. The summed E-state index contributed by atoms with van der Waals surface area (Å²) < 4.78 is 10.5. The Morgan fingerprint density at radius 2 is 2.18 bits per heavy atom. The first-order chi connectivity index (χ1) is 10.7. The second-order valence-electron chi connectivity index (χ2n) is 5.92. The van der Waals surface area contributed by atoms with Crippen molar-refractivity contribution in [2.75, 3.05) is 39.4 Å². The molecule has 0 aromatic carbocycles. The second kappa shape index (κ2) is 6.76. The molecule has 0 radical (unpaired) electrons. The average molecular weight is 309 g/mol. The van der Waals surface area contributed by atoms with Crippen molar-refractivity contribution in [3.8, 4) is 0 Å². The molecular formula is C15H23N3O4. The maximum Gasteiger partial charge on any atom is 0.276 e. The number of carbonyl (C=O) groups is 1. The van der Waals surface area contributed by atoms with E-state index in [1.165, 1.54) is 0 Å². The number of ether oxygens (including phenoxy) is 1. The van der Waals surface area contributed by atoms with Crippen LogP contribution in [-0.2, 0) is 11.2 Å². The van der Waals surface area contributed by atoms with Gasteiger partial charge < -0.3 is 19.3 Å². The number of aryl methyl sites for hydroxylation is 1. The zero-order chi connectivity index (χ0) is 15.5. The minimum Gasteiger partial charge on any atom is -0.390 e. The number of aromatic nitrogens is 1.